The van der Waals surface area contributed by atoms with Crippen molar-refractivity contribution in [3.8, 4) is 0 Å². The van der Waals surface area contributed by atoms with Crippen molar-refractivity contribution >= 4 is 40.5 Å². The van der Waals surface area contributed by atoms with Gasteiger partial charge in [-0.05, 0) is 36.2 Å². The van der Waals surface area contributed by atoms with E-state index in [1.165, 1.54) is 12.1 Å². The normalized spacial score (nSPS) is 10.4. The van der Waals surface area contributed by atoms with Gasteiger partial charge >= 0.3 is 6.03 Å². The summed E-state index contributed by atoms with van der Waals surface area (Å²) in [6.45, 7) is 0. The molecule has 2 N–H and O–H groups in total. The Kier molecular flexibility index (Phi) is 4.11. The molecule has 23 heavy (non-hydrogen) atoms. The van der Waals surface area contributed by atoms with E-state index in [4.69, 9.17) is 4.52 Å². The van der Waals surface area contributed by atoms with Gasteiger partial charge in [-0.15, -0.1) is 0 Å². The fourth-order valence-corrected chi connectivity index (χ4v) is 2.38. The molecule has 0 aliphatic rings. The molecule has 8 nitrogen and oxygen atoms in total. The Morgan fingerprint density at radius 1 is 1.17 bits per heavy atom. The SMILES string of the molecule is O=C(NSc1ccc([N+](=O)[O-])cc1)Nc1noc2ccccc12. The first-order valence-electron chi connectivity index (χ1n) is 6.46. The number of amides is 2. The maximum atomic E-state index is 11.9. The van der Waals surface area contributed by atoms with E-state index in [9.17, 15) is 14.9 Å². The monoisotopic (exact) mass is 330 g/mol. The number of non-ortho nitro benzene ring substituents is 1. The molecule has 0 saturated carbocycles. The molecule has 0 bridgehead atoms. The Morgan fingerprint density at radius 2 is 1.91 bits per heavy atom. The third-order valence-corrected chi connectivity index (χ3v) is 3.71. The second kappa shape index (κ2) is 6.36. The van der Waals surface area contributed by atoms with Crippen molar-refractivity contribution in [2.45, 2.75) is 4.90 Å². The summed E-state index contributed by atoms with van der Waals surface area (Å²) in [6, 6.07) is 12.5. The van der Waals surface area contributed by atoms with Crippen LogP contribution in [0, 0.1) is 10.1 Å². The summed E-state index contributed by atoms with van der Waals surface area (Å²) in [5, 5.41) is 17.6. The van der Waals surface area contributed by atoms with Crippen molar-refractivity contribution in [1.82, 2.24) is 9.88 Å². The van der Waals surface area contributed by atoms with Crippen molar-refractivity contribution < 1.29 is 14.2 Å². The molecule has 0 unspecified atom stereocenters. The molecular weight excluding hydrogens is 320 g/mol. The molecule has 0 fully saturated rings. The van der Waals surface area contributed by atoms with Crippen LogP contribution in [0.15, 0.2) is 57.9 Å². The molecule has 1 aromatic heterocycles. The number of carbonyl (C=O) groups is 1. The number of benzene rings is 2. The van der Waals surface area contributed by atoms with Crippen molar-refractivity contribution in [3.63, 3.8) is 0 Å². The van der Waals surface area contributed by atoms with E-state index in [-0.39, 0.29) is 5.69 Å². The van der Waals surface area contributed by atoms with Crippen molar-refractivity contribution in [2.75, 3.05) is 5.32 Å². The van der Waals surface area contributed by atoms with Crippen LogP contribution in [-0.2, 0) is 0 Å². The zero-order chi connectivity index (χ0) is 16.2. The van der Waals surface area contributed by atoms with Gasteiger partial charge < -0.3 is 4.52 Å². The van der Waals surface area contributed by atoms with Gasteiger partial charge in [-0.1, -0.05) is 17.3 Å². The zero-order valence-electron chi connectivity index (χ0n) is 11.6. The van der Waals surface area contributed by atoms with E-state index in [1.807, 2.05) is 12.1 Å². The molecule has 2 amide bonds. The van der Waals surface area contributed by atoms with Crippen LogP contribution in [0.25, 0.3) is 11.0 Å². The number of hydrogen-bond donors (Lipinski definition) is 2. The van der Waals surface area contributed by atoms with Crippen LogP contribution in [0.3, 0.4) is 0 Å². The van der Waals surface area contributed by atoms with Gasteiger partial charge in [0.1, 0.15) is 0 Å². The minimum absolute atomic E-state index is 0.00660. The Labute approximate surface area is 134 Å². The number of nitrogens with one attached hydrogen (secondary N) is 2. The number of anilines is 1. The summed E-state index contributed by atoms with van der Waals surface area (Å²) in [5.74, 6) is 0.322. The van der Waals surface area contributed by atoms with Gasteiger partial charge in [0.2, 0.25) is 0 Å². The summed E-state index contributed by atoms with van der Waals surface area (Å²) in [4.78, 5) is 22.6. The standard InChI is InChI=1S/C14H10N4O4S/c19-14(15-13-11-3-1-2-4-12(11)22-16-13)17-23-10-7-5-9(6-8-10)18(20)21/h1-8H,(H2,15,16,17,19). The Balaban J connectivity index is 1.60. The average Bonchev–Trinajstić information content (AvgIpc) is 2.96. The third kappa shape index (κ3) is 3.40. The Morgan fingerprint density at radius 3 is 2.65 bits per heavy atom. The highest BCUT2D eigenvalue weighted by molar-refractivity contribution is 7.98. The summed E-state index contributed by atoms with van der Waals surface area (Å²) < 4.78 is 7.65. The van der Waals surface area contributed by atoms with E-state index in [0.717, 1.165) is 11.9 Å². The lowest BCUT2D eigenvalue weighted by Gasteiger charge is -2.04. The summed E-state index contributed by atoms with van der Waals surface area (Å²) in [6.07, 6.45) is 0. The van der Waals surface area contributed by atoms with E-state index in [0.29, 0.717) is 21.7 Å². The van der Waals surface area contributed by atoms with Crippen LogP contribution in [0.4, 0.5) is 16.3 Å². The van der Waals surface area contributed by atoms with Crippen LogP contribution < -0.4 is 10.0 Å². The van der Waals surface area contributed by atoms with Gasteiger partial charge in [0.05, 0.1) is 10.3 Å². The first-order valence-corrected chi connectivity index (χ1v) is 7.28. The van der Waals surface area contributed by atoms with Gasteiger partial charge in [0, 0.05) is 17.0 Å². The number of aromatic nitrogens is 1. The second-order valence-corrected chi connectivity index (χ2v) is 5.32. The molecule has 0 saturated heterocycles. The fraction of sp³-hybridized carbons (Fsp3) is 0. The minimum Gasteiger partial charge on any atom is -0.354 e. The quantitative estimate of drug-likeness (QED) is 0.430. The van der Waals surface area contributed by atoms with Crippen LogP contribution in [0.1, 0.15) is 0 Å². The zero-order valence-corrected chi connectivity index (χ0v) is 12.4. The van der Waals surface area contributed by atoms with E-state index >= 15 is 0 Å². The number of hydrogen-bond acceptors (Lipinski definition) is 6. The predicted molar refractivity (Wildman–Crippen MR) is 85.1 cm³/mol. The van der Waals surface area contributed by atoms with Crippen molar-refractivity contribution in [3.05, 3.63) is 58.6 Å². The minimum atomic E-state index is -0.482. The first kappa shape index (κ1) is 14.9. The van der Waals surface area contributed by atoms with Crippen molar-refractivity contribution in [1.29, 1.82) is 0 Å². The molecule has 0 spiro atoms. The van der Waals surface area contributed by atoms with E-state index in [1.54, 1.807) is 24.3 Å². The lowest BCUT2D eigenvalue weighted by atomic mass is 10.2. The number of fused-ring (bicyclic) bond motifs is 1. The molecule has 0 aliphatic carbocycles. The number of carbonyl (C=O) groups excluding carboxylic acids is 1. The number of nitrogens with zero attached hydrogens (tertiary/aromatic N) is 2. The first-order chi connectivity index (χ1) is 11.1. The highest BCUT2D eigenvalue weighted by Gasteiger charge is 2.11. The van der Waals surface area contributed by atoms with E-state index < -0.39 is 11.0 Å². The van der Waals surface area contributed by atoms with Crippen LogP contribution in [0.5, 0.6) is 0 Å². The molecule has 3 aromatic rings. The maximum absolute atomic E-state index is 11.9. The molecule has 0 atom stereocenters. The topological polar surface area (TPSA) is 110 Å². The maximum Gasteiger partial charge on any atom is 0.330 e. The molecule has 0 radical (unpaired) electrons. The van der Waals surface area contributed by atoms with Crippen LogP contribution >= 0.6 is 11.9 Å². The van der Waals surface area contributed by atoms with Gasteiger partial charge in [0.25, 0.3) is 5.69 Å². The smallest absolute Gasteiger partial charge is 0.330 e. The molecule has 1 heterocycles. The summed E-state index contributed by atoms with van der Waals surface area (Å²) >= 11 is 1.03. The number of nitro benzene ring substituents is 1. The second-order valence-electron chi connectivity index (χ2n) is 4.44. The number of urea groups is 1. The van der Waals surface area contributed by atoms with Gasteiger partial charge in [0.15, 0.2) is 11.4 Å². The van der Waals surface area contributed by atoms with Gasteiger partial charge in [-0.2, -0.15) is 0 Å². The van der Waals surface area contributed by atoms with Crippen LogP contribution in [-0.4, -0.2) is 16.1 Å². The Hall–Kier alpha value is -3.07. The molecule has 2 aromatic carbocycles. The molecular formula is C14H10N4O4S. The fourth-order valence-electron chi connectivity index (χ4n) is 1.85. The summed E-state index contributed by atoms with van der Waals surface area (Å²) in [7, 11) is 0. The lowest BCUT2D eigenvalue weighted by molar-refractivity contribution is -0.384. The third-order valence-electron chi connectivity index (χ3n) is 2.92. The lowest BCUT2D eigenvalue weighted by Crippen LogP contribution is -2.22. The van der Waals surface area contributed by atoms with Gasteiger partial charge in [-0.25, -0.2) is 4.79 Å². The highest BCUT2D eigenvalue weighted by atomic mass is 32.2. The van der Waals surface area contributed by atoms with Crippen molar-refractivity contribution in [2.24, 2.45) is 0 Å². The molecule has 116 valence electrons. The summed E-state index contributed by atoms with van der Waals surface area (Å²) in [5.41, 5.74) is 0.568. The highest BCUT2D eigenvalue weighted by Crippen LogP contribution is 2.23. The molecule has 0 aliphatic heterocycles. The number of rotatable bonds is 4. The largest absolute Gasteiger partial charge is 0.354 e. The number of nitro groups is 1. The average molecular weight is 330 g/mol. The predicted octanol–water partition coefficient (Wildman–Crippen LogP) is 3.56. The number of para-hydroxylation sites is 1. The van der Waals surface area contributed by atoms with Gasteiger partial charge in [-0.3, -0.25) is 20.2 Å². The van der Waals surface area contributed by atoms with E-state index in [2.05, 4.69) is 15.2 Å². The van der Waals surface area contributed by atoms with Crippen LogP contribution in [0.2, 0.25) is 0 Å². The molecule has 3 rings (SSSR count). The molecule has 9 heteroatoms. The Bertz CT molecular complexity index is 863.